The van der Waals surface area contributed by atoms with Gasteiger partial charge in [0.2, 0.25) is 15.9 Å². The highest BCUT2D eigenvalue weighted by molar-refractivity contribution is 14.1. The average Bonchev–Trinajstić information content (AvgIpc) is 2.51. The summed E-state index contributed by atoms with van der Waals surface area (Å²) >= 11 is 2.14. The fraction of sp³-hybridized carbons (Fsp3) is 0.235. The maximum absolute atomic E-state index is 12.2. The molecule has 7 heteroatoms. The third-order valence-corrected chi connectivity index (χ3v) is 5.23. The van der Waals surface area contributed by atoms with Crippen LogP contribution >= 0.6 is 22.6 Å². The molecule has 1 amide bonds. The summed E-state index contributed by atoms with van der Waals surface area (Å²) in [5.74, 6) is -0.347. The molecule has 0 heterocycles. The molecule has 0 atom stereocenters. The van der Waals surface area contributed by atoms with E-state index in [0.29, 0.717) is 12.2 Å². The Bertz CT molecular complexity index is 820. The van der Waals surface area contributed by atoms with E-state index in [9.17, 15) is 13.2 Å². The fourth-order valence-corrected chi connectivity index (χ4v) is 3.43. The van der Waals surface area contributed by atoms with E-state index in [0.717, 1.165) is 25.3 Å². The number of nitrogens with one attached hydrogen (secondary N) is 1. The highest BCUT2D eigenvalue weighted by Crippen LogP contribution is 2.18. The third kappa shape index (κ3) is 5.48. The quantitative estimate of drug-likeness (QED) is 0.678. The van der Waals surface area contributed by atoms with E-state index in [1.54, 1.807) is 24.3 Å². The minimum atomic E-state index is -3.55. The molecule has 128 valence electrons. The van der Waals surface area contributed by atoms with E-state index in [4.69, 9.17) is 0 Å². The molecule has 0 spiro atoms. The van der Waals surface area contributed by atoms with Crippen molar-refractivity contribution in [2.75, 3.05) is 17.1 Å². The molecule has 0 aromatic heterocycles. The summed E-state index contributed by atoms with van der Waals surface area (Å²) in [6, 6.07) is 14.8. The number of benzene rings is 2. The van der Waals surface area contributed by atoms with Crippen molar-refractivity contribution in [2.45, 2.75) is 13.5 Å². The number of hydrogen-bond acceptors (Lipinski definition) is 3. The van der Waals surface area contributed by atoms with Crippen LogP contribution in [0.15, 0.2) is 48.5 Å². The second kappa shape index (κ2) is 7.98. The molecule has 1 N–H and O–H groups in total. The maximum atomic E-state index is 12.2. The molecule has 2 aromatic rings. The van der Waals surface area contributed by atoms with Gasteiger partial charge in [-0.1, -0.05) is 29.8 Å². The Morgan fingerprint density at radius 2 is 1.83 bits per heavy atom. The van der Waals surface area contributed by atoms with Crippen molar-refractivity contribution in [3.05, 3.63) is 63.2 Å². The molecule has 0 fully saturated rings. The zero-order valence-electron chi connectivity index (χ0n) is 13.5. The Morgan fingerprint density at radius 1 is 1.17 bits per heavy atom. The number of amides is 1. The van der Waals surface area contributed by atoms with Gasteiger partial charge in [0.15, 0.2) is 0 Å². The summed E-state index contributed by atoms with van der Waals surface area (Å²) in [6.45, 7) is 2.10. The van der Waals surface area contributed by atoms with Gasteiger partial charge in [-0.2, -0.15) is 0 Å². The molecule has 0 aliphatic carbocycles. The predicted octanol–water partition coefficient (Wildman–Crippen LogP) is 2.68. The Kier molecular flexibility index (Phi) is 6.22. The molecule has 5 nitrogen and oxygen atoms in total. The predicted molar refractivity (Wildman–Crippen MR) is 104 cm³/mol. The summed E-state index contributed by atoms with van der Waals surface area (Å²) in [5.41, 5.74) is 2.56. The highest BCUT2D eigenvalue weighted by atomic mass is 127. The Balaban J connectivity index is 2.06. The molecular weight excluding hydrogens is 439 g/mol. The first-order chi connectivity index (χ1) is 11.3. The molecule has 2 aromatic carbocycles. The second-order valence-electron chi connectivity index (χ2n) is 5.51. The largest absolute Gasteiger partial charge is 0.350 e. The summed E-state index contributed by atoms with van der Waals surface area (Å²) < 4.78 is 26.1. The number of rotatable bonds is 6. The zero-order chi connectivity index (χ0) is 17.7. The smallest absolute Gasteiger partial charge is 0.241 e. The van der Waals surface area contributed by atoms with E-state index in [1.807, 2.05) is 31.2 Å². The van der Waals surface area contributed by atoms with E-state index in [2.05, 4.69) is 27.9 Å². The number of halogens is 1. The highest BCUT2D eigenvalue weighted by Gasteiger charge is 2.20. The Hall–Kier alpha value is -1.61. The lowest BCUT2D eigenvalue weighted by atomic mass is 10.1. The monoisotopic (exact) mass is 458 g/mol. The van der Waals surface area contributed by atoms with E-state index >= 15 is 0 Å². The van der Waals surface area contributed by atoms with Crippen molar-refractivity contribution in [1.29, 1.82) is 0 Å². The van der Waals surface area contributed by atoms with Crippen LogP contribution in [0.3, 0.4) is 0 Å². The zero-order valence-corrected chi connectivity index (χ0v) is 16.5. The van der Waals surface area contributed by atoms with Crippen LogP contribution in [0.5, 0.6) is 0 Å². The van der Waals surface area contributed by atoms with Crippen molar-refractivity contribution in [1.82, 2.24) is 5.32 Å². The molecule has 0 aliphatic heterocycles. The molecule has 2 rings (SSSR count). The molecule has 0 bridgehead atoms. The Labute approximate surface area is 156 Å². The van der Waals surface area contributed by atoms with Crippen LogP contribution in [0.25, 0.3) is 0 Å². The first kappa shape index (κ1) is 18.7. The first-order valence-electron chi connectivity index (χ1n) is 7.31. The topological polar surface area (TPSA) is 66.5 Å². The number of carbonyl (C=O) groups excluding carboxylic acids is 1. The summed E-state index contributed by atoms with van der Waals surface area (Å²) in [5, 5.41) is 2.76. The standard InChI is InChI=1S/C17H19IN2O3S/c1-13-4-3-5-14(10-13)11-19-17(21)12-20(24(2,22)23)16-8-6-15(18)7-9-16/h3-10H,11-12H2,1-2H3,(H,19,21). The van der Waals surface area contributed by atoms with E-state index in [1.165, 1.54) is 0 Å². The number of nitrogens with zero attached hydrogens (tertiary/aromatic N) is 1. The van der Waals surface area contributed by atoms with E-state index in [-0.39, 0.29) is 12.5 Å². The molecule has 0 saturated heterocycles. The minimum absolute atomic E-state index is 0.245. The summed E-state index contributed by atoms with van der Waals surface area (Å²) in [6.07, 6.45) is 1.10. The van der Waals surface area contributed by atoms with Gasteiger partial charge in [-0.15, -0.1) is 0 Å². The number of anilines is 1. The average molecular weight is 458 g/mol. The Morgan fingerprint density at radius 3 is 2.42 bits per heavy atom. The first-order valence-corrected chi connectivity index (χ1v) is 10.2. The van der Waals surface area contributed by atoms with Gasteiger partial charge in [0.1, 0.15) is 6.54 Å². The van der Waals surface area contributed by atoms with Gasteiger partial charge in [-0.05, 0) is 59.3 Å². The normalized spacial score (nSPS) is 11.1. The third-order valence-electron chi connectivity index (χ3n) is 3.37. The summed E-state index contributed by atoms with van der Waals surface area (Å²) in [4.78, 5) is 12.2. The molecule has 0 saturated carbocycles. The van der Waals surface area contributed by atoms with Crippen LogP contribution in [0.4, 0.5) is 5.69 Å². The van der Waals surface area contributed by atoms with E-state index < -0.39 is 10.0 Å². The van der Waals surface area contributed by atoms with Crippen LogP contribution in [-0.2, 0) is 21.4 Å². The minimum Gasteiger partial charge on any atom is -0.350 e. The lowest BCUT2D eigenvalue weighted by Gasteiger charge is -2.22. The number of hydrogen-bond donors (Lipinski definition) is 1. The van der Waals surface area contributed by atoms with Gasteiger partial charge in [0.05, 0.1) is 11.9 Å². The lowest BCUT2D eigenvalue weighted by Crippen LogP contribution is -2.40. The van der Waals surface area contributed by atoms with Gasteiger partial charge < -0.3 is 5.32 Å². The second-order valence-corrected chi connectivity index (χ2v) is 8.66. The van der Waals surface area contributed by atoms with Gasteiger partial charge >= 0.3 is 0 Å². The van der Waals surface area contributed by atoms with Gasteiger partial charge in [-0.3, -0.25) is 9.10 Å². The van der Waals surface area contributed by atoms with Gasteiger partial charge in [0, 0.05) is 10.1 Å². The van der Waals surface area contributed by atoms with Crippen molar-refractivity contribution in [2.24, 2.45) is 0 Å². The number of aryl methyl sites for hydroxylation is 1. The van der Waals surface area contributed by atoms with Crippen molar-refractivity contribution >= 4 is 44.2 Å². The van der Waals surface area contributed by atoms with Crippen LogP contribution in [-0.4, -0.2) is 27.1 Å². The van der Waals surface area contributed by atoms with Crippen molar-refractivity contribution in [3.63, 3.8) is 0 Å². The molecule has 0 radical (unpaired) electrons. The van der Waals surface area contributed by atoms with Gasteiger partial charge in [-0.25, -0.2) is 8.42 Å². The number of sulfonamides is 1. The summed E-state index contributed by atoms with van der Waals surface area (Å²) in [7, 11) is -3.55. The van der Waals surface area contributed by atoms with Crippen LogP contribution in [0.1, 0.15) is 11.1 Å². The number of carbonyl (C=O) groups is 1. The molecule has 0 unspecified atom stereocenters. The van der Waals surface area contributed by atoms with Crippen LogP contribution < -0.4 is 9.62 Å². The lowest BCUT2D eigenvalue weighted by molar-refractivity contribution is -0.119. The van der Waals surface area contributed by atoms with Crippen molar-refractivity contribution < 1.29 is 13.2 Å². The SMILES string of the molecule is Cc1cccc(CNC(=O)CN(c2ccc(I)cc2)S(C)(=O)=O)c1. The maximum Gasteiger partial charge on any atom is 0.241 e. The van der Waals surface area contributed by atoms with Crippen LogP contribution in [0, 0.1) is 10.5 Å². The molecule has 0 aliphatic rings. The van der Waals surface area contributed by atoms with Crippen LogP contribution in [0.2, 0.25) is 0 Å². The molecule has 24 heavy (non-hydrogen) atoms. The van der Waals surface area contributed by atoms with Gasteiger partial charge in [0.25, 0.3) is 0 Å². The fourth-order valence-electron chi connectivity index (χ4n) is 2.22. The molecular formula is C17H19IN2O3S. The van der Waals surface area contributed by atoms with Crippen molar-refractivity contribution in [3.8, 4) is 0 Å².